The molecule has 2 atom stereocenters. The third-order valence-corrected chi connectivity index (χ3v) is 3.47. The number of carbonyl (C=O) groups excluding carboxylic acids is 2. The maximum Gasteiger partial charge on any atom is 0.240 e. The first-order valence-corrected chi connectivity index (χ1v) is 6.48. The minimum Gasteiger partial charge on any atom is -0.391 e. The monoisotopic (exact) mass is 280 g/mol. The zero-order chi connectivity index (χ0) is 14.7. The van der Waals surface area contributed by atoms with Crippen LogP contribution in [0.15, 0.2) is 24.3 Å². The molecule has 1 heterocycles. The Balaban J connectivity index is 1.94. The van der Waals surface area contributed by atoms with Gasteiger partial charge in [-0.1, -0.05) is 12.1 Å². The molecule has 0 aliphatic carbocycles. The first-order valence-electron chi connectivity index (χ1n) is 6.48. The van der Waals surface area contributed by atoms with Gasteiger partial charge in [0.25, 0.3) is 0 Å². The number of carbonyl (C=O) groups is 2. The molecule has 20 heavy (non-hydrogen) atoms. The Bertz CT molecular complexity index is 504. The van der Waals surface area contributed by atoms with Crippen LogP contribution in [0.2, 0.25) is 0 Å². The van der Waals surface area contributed by atoms with Crippen molar-refractivity contribution in [1.29, 1.82) is 0 Å². The SMILES string of the molecule is NC(=O)[C@@H]1C[C@@H](O)CN1C(=O)CCc1ccc(F)cc1. The van der Waals surface area contributed by atoms with Crippen LogP contribution in [0.25, 0.3) is 0 Å². The van der Waals surface area contributed by atoms with Crippen molar-refractivity contribution in [2.24, 2.45) is 5.73 Å². The van der Waals surface area contributed by atoms with Gasteiger partial charge in [-0.2, -0.15) is 0 Å². The third-order valence-electron chi connectivity index (χ3n) is 3.47. The molecule has 1 aromatic rings. The van der Waals surface area contributed by atoms with Crippen LogP contribution in [0.1, 0.15) is 18.4 Å². The molecule has 6 heteroatoms. The number of primary amides is 1. The van der Waals surface area contributed by atoms with Gasteiger partial charge in [0.05, 0.1) is 6.10 Å². The summed E-state index contributed by atoms with van der Waals surface area (Å²) in [4.78, 5) is 24.7. The fourth-order valence-electron chi connectivity index (χ4n) is 2.41. The maximum absolute atomic E-state index is 12.8. The number of halogens is 1. The number of nitrogens with zero attached hydrogens (tertiary/aromatic N) is 1. The second kappa shape index (κ2) is 6.00. The van der Waals surface area contributed by atoms with Crippen molar-refractivity contribution < 1.29 is 19.1 Å². The summed E-state index contributed by atoms with van der Waals surface area (Å²) in [6.07, 6.45) is 0.138. The van der Waals surface area contributed by atoms with Crippen LogP contribution in [0.4, 0.5) is 4.39 Å². The topological polar surface area (TPSA) is 83.6 Å². The van der Waals surface area contributed by atoms with Crippen molar-refractivity contribution in [3.63, 3.8) is 0 Å². The fourth-order valence-corrected chi connectivity index (χ4v) is 2.41. The highest BCUT2D eigenvalue weighted by molar-refractivity contribution is 5.87. The smallest absolute Gasteiger partial charge is 0.240 e. The molecule has 5 nitrogen and oxygen atoms in total. The average molecular weight is 280 g/mol. The minimum atomic E-state index is -0.731. The Morgan fingerprint density at radius 2 is 2.00 bits per heavy atom. The molecular weight excluding hydrogens is 263 g/mol. The molecule has 1 aliphatic heterocycles. The average Bonchev–Trinajstić information content (AvgIpc) is 2.80. The summed E-state index contributed by atoms with van der Waals surface area (Å²) in [6, 6.07) is 5.18. The summed E-state index contributed by atoms with van der Waals surface area (Å²) in [5.74, 6) is -1.15. The van der Waals surface area contributed by atoms with E-state index in [9.17, 15) is 19.1 Å². The van der Waals surface area contributed by atoms with Gasteiger partial charge in [-0.05, 0) is 24.1 Å². The molecule has 3 N–H and O–H groups in total. The van der Waals surface area contributed by atoms with E-state index in [4.69, 9.17) is 5.73 Å². The molecule has 0 radical (unpaired) electrons. The zero-order valence-electron chi connectivity index (χ0n) is 11.0. The van der Waals surface area contributed by atoms with E-state index in [1.54, 1.807) is 12.1 Å². The van der Waals surface area contributed by atoms with Crippen molar-refractivity contribution in [3.8, 4) is 0 Å². The summed E-state index contributed by atoms with van der Waals surface area (Å²) in [5, 5.41) is 9.54. The predicted octanol–water partition coefficient (Wildman–Crippen LogP) is 0.205. The molecule has 0 spiro atoms. The molecule has 0 bridgehead atoms. The van der Waals surface area contributed by atoms with Crippen molar-refractivity contribution in [2.45, 2.75) is 31.4 Å². The molecule has 1 fully saturated rings. The second-order valence-electron chi connectivity index (χ2n) is 4.98. The number of nitrogens with two attached hydrogens (primary N) is 1. The molecule has 0 saturated carbocycles. The van der Waals surface area contributed by atoms with E-state index in [-0.39, 0.29) is 31.1 Å². The summed E-state index contributed by atoms with van der Waals surface area (Å²) in [6.45, 7) is 0.135. The van der Waals surface area contributed by atoms with E-state index in [2.05, 4.69) is 0 Å². The standard InChI is InChI=1S/C14H17FN2O3/c15-10-4-1-9(2-5-10)3-6-13(19)17-8-11(18)7-12(17)14(16)20/h1-2,4-5,11-12,18H,3,6-8H2,(H2,16,20)/t11-,12+/m1/s1. The van der Waals surface area contributed by atoms with E-state index in [1.807, 2.05) is 0 Å². The van der Waals surface area contributed by atoms with E-state index < -0.39 is 18.1 Å². The van der Waals surface area contributed by atoms with Crippen molar-refractivity contribution in [3.05, 3.63) is 35.6 Å². The van der Waals surface area contributed by atoms with E-state index in [1.165, 1.54) is 17.0 Å². The number of rotatable bonds is 4. The molecular formula is C14H17FN2O3. The van der Waals surface area contributed by atoms with Crippen molar-refractivity contribution in [2.75, 3.05) is 6.54 Å². The summed E-state index contributed by atoms with van der Waals surface area (Å²) >= 11 is 0. The van der Waals surface area contributed by atoms with Gasteiger partial charge in [-0.25, -0.2) is 4.39 Å². The van der Waals surface area contributed by atoms with Crippen LogP contribution < -0.4 is 5.73 Å². The van der Waals surface area contributed by atoms with E-state index in [0.717, 1.165) is 5.56 Å². The zero-order valence-corrected chi connectivity index (χ0v) is 11.0. The number of β-amino-alcohol motifs (C(OH)–C–C–N with tert-alkyl or cyclic N) is 1. The Labute approximate surface area is 116 Å². The lowest BCUT2D eigenvalue weighted by atomic mass is 10.1. The van der Waals surface area contributed by atoms with Crippen LogP contribution in [-0.2, 0) is 16.0 Å². The maximum atomic E-state index is 12.8. The molecule has 2 rings (SSSR count). The number of likely N-dealkylation sites (tertiary alicyclic amines) is 1. The number of amides is 2. The lowest BCUT2D eigenvalue weighted by Gasteiger charge is -2.21. The van der Waals surface area contributed by atoms with Crippen LogP contribution in [0, 0.1) is 5.82 Å². The first-order chi connectivity index (χ1) is 9.47. The van der Waals surface area contributed by atoms with Gasteiger partial charge in [0, 0.05) is 19.4 Å². The molecule has 1 saturated heterocycles. The van der Waals surface area contributed by atoms with Gasteiger partial charge >= 0.3 is 0 Å². The quantitative estimate of drug-likeness (QED) is 0.826. The predicted molar refractivity (Wildman–Crippen MR) is 70.0 cm³/mol. The Morgan fingerprint density at radius 3 is 2.60 bits per heavy atom. The normalized spacial score (nSPS) is 22.0. The van der Waals surface area contributed by atoms with Crippen molar-refractivity contribution >= 4 is 11.8 Å². The first kappa shape index (κ1) is 14.5. The van der Waals surface area contributed by atoms with Gasteiger partial charge in [-0.15, -0.1) is 0 Å². The number of aryl methyl sites for hydroxylation is 1. The summed E-state index contributed by atoms with van der Waals surface area (Å²) in [5.41, 5.74) is 6.07. The molecule has 0 unspecified atom stereocenters. The van der Waals surface area contributed by atoms with Gasteiger partial charge < -0.3 is 15.7 Å². The Hall–Kier alpha value is -1.95. The Kier molecular flexibility index (Phi) is 4.34. The highest BCUT2D eigenvalue weighted by atomic mass is 19.1. The van der Waals surface area contributed by atoms with Crippen molar-refractivity contribution in [1.82, 2.24) is 4.90 Å². The van der Waals surface area contributed by atoms with Gasteiger partial charge in [-0.3, -0.25) is 9.59 Å². The molecule has 1 aromatic carbocycles. The van der Waals surface area contributed by atoms with Crippen LogP contribution >= 0.6 is 0 Å². The molecule has 0 aromatic heterocycles. The second-order valence-corrected chi connectivity index (χ2v) is 4.98. The highest BCUT2D eigenvalue weighted by Gasteiger charge is 2.37. The van der Waals surface area contributed by atoms with Crippen LogP contribution in [-0.4, -0.2) is 40.5 Å². The number of aliphatic hydroxyl groups excluding tert-OH is 1. The van der Waals surface area contributed by atoms with E-state index in [0.29, 0.717) is 6.42 Å². The highest BCUT2D eigenvalue weighted by Crippen LogP contribution is 2.19. The van der Waals surface area contributed by atoms with Crippen LogP contribution in [0.3, 0.4) is 0 Å². The summed E-state index contributed by atoms with van der Waals surface area (Å²) < 4.78 is 12.8. The van der Waals surface area contributed by atoms with Crippen LogP contribution in [0.5, 0.6) is 0 Å². The third kappa shape index (κ3) is 3.33. The number of aliphatic hydroxyl groups is 1. The van der Waals surface area contributed by atoms with Gasteiger partial charge in [0.15, 0.2) is 0 Å². The Morgan fingerprint density at radius 1 is 1.35 bits per heavy atom. The lowest BCUT2D eigenvalue weighted by molar-refractivity contribution is -0.137. The minimum absolute atomic E-state index is 0.135. The van der Waals surface area contributed by atoms with E-state index >= 15 is 0 Å². The van der Waals surface area contributed by atoms with Gasteiger partial charge in [0.2, 0.25) is 11.8 Å². The number of hydrogen-bond acceptors (Lipinski definition) is 3. The fraction of sp³-hybridized carbons (Fsp3) is 0.429. The molecule has 1 aliphatic rings. The molecule has 2 amide bonds. The largest absolute Gasteiger partial charge is 0.391 e. The van der Waals surface area contributed by atoms with Gasteiger partial charge in [0.1, 0.15) is 11.9 Å². The molecule has 108 valence electrons. The lowest BCUT2D eigenvalue weighted by Crippen LogP contribution is -2.43. The number of hydrogen-bond donors (Lipinski definition) is 2. The number of benzene rings is 1. The summed E-state index contributed by atoms with van der Waals surface area (Å²) in [7, 11) is 0.